The van der Waals surface area contributed by atoms with Crippen LogP contribution in [-0.2, 0) is 6.42 Å². The van der Waals surface area contributed by atoms with Crippen LogP contribution in [0, 0.1) is 0 Å². The molecule has 70 valence electrons. The topological polar surface area (TPSA) is 20.2 Å². The number of benzene rings is 1. The summed E-state index contributed by atoms with van der Waals surface area (Å²) in [5, 5.41) is 9.35. The lowest BCUT2D eigenvalue weighted by Crippen LogP contribution is -2.08. The van der Waals surface area contributed by atoms with E-state index in [-0.39, 0.29) is 0 Å². The number of rotatable bonds is 1. The second-order valence-corrected chi connectivity index (χ2v) is 3.88. The molecule has 1 heteroatoms. The van der Waals surface area contributed by atoms with Crippen molar-refractivity contribution < 1.29 is 5.11 Å². The third kappa shape index (κ3) is 1.55. The Morgan fingerprint density at radius 2 is 2.31 bits per heavy atom. The van der Waals surface area contributed by atoms with Gasteiger partial charge in [-0.1, -0.05) is 13.0 Å². The molecule has 1 atom stereocenters. The normalized spacial score (nSPS) is 21.2. The first-order valence-electron chi connectivity index (χ1n) is 5.13. The van der Waals surface area contributed by atoms with Crippen LogP contribution in [0.4, 0.5) is 0 Å². The third-order valence-electron chi connectivity index (χ3n) is 3.06. The van der Waals surface area contributed by atoms with Gasteiger partial charge in [-0.05, 0) is 54.9 Å². The third-order valence-corrected chi connectivity index (χ3v) is 3.06. The Kier molecular flexibility index (Phi) is 2.26. The summed E-state index contributed by atoms with van der Waals surface area (Å²) in [6.45, 7) is 2.24. The number of phenolic OH excluding ortho intramolecular Hbond substituents is 1. The molecule has 0 aliphatic heterocycles. The lowest BCUT2D eigenvalue weighted by molar-refractivity contribution is 0.470. The Bertz CT molecular complexity index is 304. The van der Waals surface area contributed by atoms with E-state index in [0.29, 0.717) is 5.75 Å². The first kappa shape index (κ1) is 8.61. The van der Waals surface area contributed by atoms with E-state index in [4.69, 9.17) is 0 Å². The molecule has 1 aliphatic rings. The molecule has 0 saturated heterocycles. The van der Waals surface area contributed by atoms with Crippen LogP contribution >= 0.6 is 0 Å². The van der Waals surface area contributed by atoms with Crippen molar-refractivity contribution in [2.45, 2.75) is 38.5 Å². The minimum atomic E-state index is 0.413. The van der Waals surface area contributed by atoms with E-state index in [2.05, 4.69) is 13.0 Å². The molecule has 1 aromatic rings. The second kappa shape index (κ2) is 3.41. The number of aromatic hydroxyl groups is 1. The summed E-state index contributed by atoms with van der Waals surface area (Å²) in [4.78, 5) is 0. The van der Waals surface area contributed by atoms with E-state index in [1.54, 1.807) is 0 Å². The van der Waals surface area contributed by atoms with Crippen molar-refractivity contribution in [3.05, 3.63) is 29.3 Å². The number of hydrogen-bond acceptors (Lipinski definition) is 1. The molecular weight excluding hydrogens is 160 g/mol. The highest BCUT2D eigenvalue weighted by Gasteiger charge is 2.18. The predicted molar refractivity (Wildman–Crippen MR) is 54.1 cm³/mol. The molecule has 0 saturated carbocycles. The molecule has 1 unspecified atom stereocenters. The van der Waals surface area contributed by atoms with Gasteiger partial charge in [-0.3, -0.25) is 0 Å². The van der Waals surface area contributed by atoms with Crippen molar-refractivity contribution in [3.63, 3.8) is 0 Å². The van der Waals surface area contributed by atoms with Crippen LogP contribution in [-0.4, -0.2) is 5.11 Å². The van der Waals surface area contributed by atoms with E-state index in [1.165, 1.54) is 30.4 Å². The van der Waals surface area contributed by atoms with Gasteiger partial charge in [0.2, 0.25) is 0 Å². The van der Waals surface area contributed by atoms with Gasteiger partial charge < -0.3 is 5.11 Å². The van der Waals surface area contributed by atoms with Gasteiger partial charge in [0, 0.05) is 0 Å². The average molecular weight is 176 g/mol. The first-order valence-corrected chi connectivity index (χ1v) is 5.13. The first-order chi connectivity index (χ1) is 6.31. The Hall–Kier alpha value is -0.980. The van der Waals surface area contributed by atoms with Gasteiger partial charge in [-0.15, -0.1) is 0 Å². The summed E-state index contributed by atoms with van der Waals surface area (Å²) in [5.41, 5.74) is 2.82. The molecule has 0 spiro atoms. The maximum absolute atomic E-state index is 9.35. The standard InChI is InChI=1S/C12H16O/c1-2-9-4-3-5-10-8-11(13)6-7-12(9)10/h6-9,13H,2-5H2,1H3. The maximum atomic E-state index is 9.35. The van der Waals surface area contributed by atoms with Crippen molar-refractivity contribution in [3.8, 4) is 5.75 Å². The van der Waals surface area contributed by atoms with Crippen LogP contribution in [0.3, 0.4) is 0 Å². The largest absolute Gasteiger partial charge is 0.508 e. The number of fused-ring (bicyclic) bond motifs is 1. The Balaban J connectivity index is 2.40. The zero-order valence-corrected chi connectivity index (χ0v) is 8.09. The highest BCUT2D eigenvalue weighted by molar-refractivity contribution is 5.38. The molecule has 0 bridgehead atoms. The van der Waals surface area contributed by atoms with E-state index in [9.17, 15) is 5.11 Å². The van der Waals surface area contributed by atoms with E-state index in [0.717, 1.165) is 12.3 Å². The lowest BCUT2D eigenvalue weighted by Gasteiger charge is -2.24. The maximum Gasteiger partial charge on any atom is 0.115 e. The SMILES string of the molecule is CCC1CCCc2cc(O)ccc21. The molecule has 1 N–H and O–H groups in total. The summed E-state index contributed by atoms with van der Waals surface area (Å²) in [6, 6.07) is 5.84. The smallest absolute Gasteiger partial charge is 0.115 e. The summed E-state index contributed by atoms with van der Waals surface area (Å²) < 4.78 is 0. The van der Waals surface area contributed by atoms with Crippen LogP contribution in [0.5, 0.6) is 5.75 Å². The molecule has 1 nitrogen and oxygen atoms in total. The van der Waals surface area contributed by atoms with Gasteiger partial charge in [0.25, 0.3) is 0 Å². The molecule has 2 rings (SSSR count). The number of hydrogen-bond donors (Lipinski definition) is 1. The molecule has 0 aromatic heterocycles. The molecule has 0 radical (unpaired) electrons. The van der Waals surface area contributed by atoms with Crippen LogP contribution in [0.1, 0.15) is 43.2 Å². The van der Waals surface area contributed by atoms with E-state index in [1.807, 2.05) is 12.1 Å². The predicted octanol–water partition coefficient (Wildman–Crippen LogP) is 3.22. The molecular formula is C12H16O. The minimum Gasteiger partial charge on any atom is -0.508 e. The zero-order chi connectivity index (χ0) is 9.26. The van der Waals surface area contributed by atoms with Crippen molar-refractivity contribution in [2.24, 2.45) is 0 Å². The average Bonchev–Trinajstić information content (AvgIpc) is 2.16. The van der Waals surface area contributed by atoms with Gasteiger partial charge in [0.05, 0.1) is 0 Å². The van der Waals surface area contributed by atoms with Gasteiger partial charge in [-0.25, -0.2) is 0 Å². The van der Waals surface area contributed by atoms with Crippen LogP contribution in [0.25, 0.3) is 0 Å². The van der Waals surface area contributed by atoms with Gasteiger partial charge in [0.15, 0.2) is 0 Å². The highest BCUT2D eigenvalue weighted by atomic mass is 16.3. The zero-order valence-electron chi connectivity index (χ0n) is 8.09. The lowest BCUT2D eigenvalue weighted by atomic mass is 9.81. The molecule has 1 aliphatic carbocycles. The summed E-state index contributed by atoms with van der Waals surface area (Å²) in [5.74, 6) is 1.14. The quantitative estimate of drug-likeness (QED) is 0.696. The van der Waals surface area contributed by atoms with Crippen molar-refractivity contribution in [1.82, 2.24) is 0 Å². The molecule has 0 heterocycles. The number of aryl methyl sites for hydroxylation is 1. The monoisotopic (exact) mass is 176 g/mol. The van der Waals surface area contributed by atoms with E-state index >= 15 is 0 Å². The Morgan fingerprint density at radius 3 is 3.08 bits per heavy atom. The second-order valence-electron chi connectivity index (χ2n) is 3.88. The molecule has 13 heavy (non-hydrogen) atoms. The summed E-state index contributed by atoms with van der Waals surface area (Å²) >= 11 is 0. The van der Waals surface area contributed by atoms with Gasteiger partial charge in [-0.2, -0.15) is 0 Å². The fourth-order valence-corrected chi connectivity index (χ4v) is 2.33. The van der Waals surface area contributed by atoms with Crippen LogP contribution < -0.4 is 0 Å². The molecule has 0 amide bonds. The van der Waals surface area contributed by atoms with Crippen molar-refractivity contribution >= 4 is 0 Å². The van der Waals surface area contributed by atoms with Gasteiger partial charge in [0.1, 0.15) is 5.75 Å². The van der Waals surface area contributed by atoms with Crippen molar-refractivity contribution in [1.29, 1.82) is 0 Å². The Labute approximate surface area is 79.4 Å². The molecule has 1 aromatic carbocycles. The highest BCUT2D eigenvalue weighted by Crippen LogP contribution is 2.35. The summed E-state index contributed by atoms with van der Waals surface area (Å²) in [7, 11) is 0. The summed E-state index contributed by atoms with van der Waals surface area (Å²) in [6.07, 6.45) is 4.95. The molecule has 0 fully saturated rings. The number of phenols is 1. The van der Waals surface area contributed by atoms with Crippen LogP contribution in [0.15, 0.2) is 18.2 Å². The van der Waals surface area contributed by atoms with Crippen molar-refractivity contribution in [2.75, 3.05) is 0 Å². The van der Waals surface area contributed by atoms with E-state index < -0.39 is 0 Å². The van der Waals surface area contributed by atoms with Crippen LogP contribution in [0.2, 0.25) is 0 Å². The minimum absolute atomic E-state index is 0.413. The fraction of sp³-hybridized carbons (Fsp3) is 0.500. The Morgan fingerprint density at radius 1 is 1.46 bits per heavy atom. The van der Waals surface area contributed by atoms with Gasteiger partial charge >= 0.3 is 0 Å². The fourth-order valence-electron chi connectivity index (χ4n) is 2.33.